The molecule has 2 N–H and O–H groups in total. The van der Waals surface area contributed by atoms with Crippen molar-refractivity contribution in [2.75, 3.05) is 11.5 Å². The zero-order valence-corrected chi connectivity index (χ0v) is 25.1. The molecule has 20 heteroatoms. The van der Waals surface area contributed by atoms with Gasteiger partial charge in [0, 0.05) is 11.5 Å². The van der Waals surface area contributed by atoms with E-state index in [1.54, 1.807) is 0 Å². The molecule has 30 heavy (non-hydrogen) atoms. The molecule has 0 aliphatic rings. The Hall–Kier alpha value is 2.34. The standard InChI is InChI=1S/C10H22O12S6.2Na/c11-25(12,13)9(26(14,15)16)5-1-3-7-23-24-8-4-2-6-10(27(17,18)19)28(20,21)22;;/h9-10H,1-8H2,(H,11,12,13)(H,14,15,16)(H,17,18,19)(H,20,21,22);;/q;2*+1/p-2. The van der Waals surface area contributed by atoms with Gasteiger partial charge in [0.25, 0.3) is 20.2 Å². The summed E-state index contributed by atoms with van der Waals surface area (Å²) < 4.78 is 121. The number of unbranched alkanes of at least 4 members (excludes halogenated alkanes) is 2. The molecule has 0 saturated carbocycles. The Morgan fingerprint density at radius 2 is 0.900 bits per heavy atom. The Kier molecular flexibility index (Phi) is 19.8. The second kappa shape index (κ2) is 16.1. The van der Waals surface area contributed by atoms with Gasteiger partial charge in [0.1, 0.15) is 24.8 Å². The minimum Gasteiger partial charge on any atom is -0.747 e. The van der Waals surface area contributed by atoms with Crippen molar-refractivity contribution in [1.29, 1.82) is 0 Å². The Morgan fingerprint density at radius 3 is 1.17 bits per heavy atom. The van der Waals surface area contributed by atoms with E-state index < -0.39 is 62.5 Å². The van der Waals surface area contributed by atoms with Crippen LogP contribution in [0, 0.1) is 0 Å². The van der Waals surface area contributed by atoms with Gasteiger partial charge in [-0.05, 0) is 25.7 Å². The summed E-state index contributed by atoms with van der Waals surface area (Å²) in [5.41, 5.74) is 0. The SMILES string of the molecule is O=S(=O)([O-])C(CCCCSSCCCCC(S(=O)(=O)O)S(=O)(=O)O)S(=O)(=O)[O-].[Na+].[Na+]. The summed E-state index contributed by atoms with van der Waals surface area (Å²) in [5, 5.41) is 0. The van der Waals surface area contributed by atoms with Crippen LogP contribution in [-0.4, -0.2) is 72.6 Å². The van der Waals surface area contributed by atoms with Gasteiger partial charge in [-0.1, -0.05) is 34.4 Å². The molecular formula is C10H20Na2O12S6. The van der Waals surface area contributed by atoms with Crippen LogP contribution in [0.4, 0.5) is 0 Å². The van der Waals surface area contributed by atoms with Gasteiger partial charge in [-0.2, -0.15) is 16.8 Å². The number of rotatable bonds is 15. The zero-order chi connectivity index (χ0) is 22.2. The average Bonchev–Trinajstić information content (AvgIpc) is 2.42. The molecule has 12 nitrogen and oxygen atoms in total. The summed E-state index contributed by atoms with van der Waals surface area (Å²) in [6, 6.07) is 0. The fraction of sp³-hybridized carbons (Fsp3) is 1.00. The van der Waals surface area contributed by atoms with Crippen molar-refractivity contribution in [2.45, 2.75) is 47.7 Å². The first-order valence-electron chi connectivity index (χ1n) is 7.54. The molecule has 0 spiro atoms. The Balaban J connectivity index is -0.00000364. The van der Waals surface area contributed by atoms with Crippen LogP contribution >= 0.6 is 21.6 Å². The summed E-state index contributed by atoms with van der Waals surface area (Å²) in [4.78, 5) is 0. The molecule has 0 aromatic rings. The van der Waals surface area contributed by atoms with Crippen molar-refractivity contribution < 1.29 is 111 Å². The maximum atomic E-state index is 10.9. The molecule has 170 valence electrons. The summed E-state index contributed by atoms with van der Waals surface area (Å²) in [6.07, 6.45) is -0.210. The van der Waals surface area contributed by atoms with Crippen molar-refractivity contribution in [3.63, 3.8) is 0 Å². The first-order chi connectivity index (χ1) is 12.5. The number of hydrogen-bond donors (Lipinski definition) is 2. The van der Waals surface area contributed by atoms with Crippen molar-refractivity contribution in [2.24, 2.45) is 0 Å². The quantitative estimate of drug-likeness (QED) is 0.0810. The maximum Gasteiger partial charge on any atom is 1.00 e. The molecule has 0 unspecified atom stereocenters. The minimum absolute atomic E-state index is 0. The largest absolute Gasteiger partial charge is 1.00 e. The average molecular weight is 571 g/mol. The molecule has 0 atom stereocenters. The predicted octanol–water partition coefficient (Wildman–Crippen LogP) is -5.77. The first-order valence-corrected chi connectivity index (χ1v) is 16.0. The van der Waals surface area contributed by atoms with Crippen molar-refractivity contribution in [3.05, 3.63) is 0 Å². The zero-order valence-electron chi connectivity index (χ0n) is 16.2. The van der Waals surface area contributed by atoms with Crippen molar-refractivity contribution >= 4 is 62.1 Å². The number of hydrogen-bond acceptors (Lipinski definition) is 12. The fourth-order valence-corrected chi connectivity index (χ4v) is 8.46. The predicted molar refractivity (Wildman–Crippen MR) is 103 cm³/mol. The van der Waals surface area contributed by atoms with Gasteiger partial charge in [0.2, 0.25) is 4.58 Å². The second-order valence-electron chi connectivity index (χ2n) is 5.51. The third-order valence-electron chi connectivity index (χ3n) is 3.23. The van der Waals surface area contributed by atoms with Crippen molar-refractivity contribution in [1.82, 2.24) is 0 Å². The molecule has 0 aromatic heterocycles. The van der Waals surface area contributed by atoms with E-state index in [0.717, 1.165) is 0 Å². The van der Waals surface area contributed by atoms with Crippen LogP contribution in [0.5, 0.6) is 0 Å². The van der Waals surface area contributed by atoms with Crippen LogP contribution < -0.4 is 59.1 Å². The summed E-state index contributed by atoms with van der Waals surface area (Å²) in [5.74, 6) is 0.925. The Labute approximate surface area is 229 Å². The Morgan fingerprint density at radius 1 is 0.600 bits per heavy atom. The smallest absolute Gasteiger partial charge is 0.747 e. The van der Waals surface area contributed by atoms with Gasteiger partial charge >= 0.3 is 59.1 Å². The van der Waals surface area contributed by atoms with E-state index in [-0.39, 0.29) is 72.0 Å². The molecule has 0 aliphatic heterocycles. The van der Waals surface area contributed by atoms with E-state index in [9.17, 15) is 42.8 Å². The van der Waals surface area contributed by atoms with Gasteiger partial charge < -0.3 is 9.11 Å². The van der Waals surface area contributed by atoms with Gasteiger partial charge in [-0.25, -0.2) is 16.8 Å². The second-order valence-corrected chi connectivity index (χ2v) is 15.1. The molecule has 0 amide bonds. The van der Waals surface area contributed by atoms with Crippen LogP contribution in [0.15, 0.2) is 0 Å². The monoisotopic (exact) mass is 570 g/mol. The third-order valence-corrected chi connectivity index (χ3v) is 12.2. The molecule has 0 radical (unpaired) electrons. The topological polar surface area (TPSA) is 223 Å². The first kappa shape index (κ1) is 36.9. The molecule has 0 heterocycles. The van der Waals surface area contributed by atoms with Crippen LogP contribution in [0.1, 0.15) is 38.5 Å². The van der Waals surface area contributed by atoms with Gasteiger partial charge in [-0.15, -0.1) is 0 Å². The normalized spacial score (nSPS) is 13.1. The van der Waals surface area contributed by atoms with E-state index in [2.05, 4.69) is 0 Å². The van der Waals surface area contributed by atoms with Crippen LogP contribution in [-0.2, 0) is 40.5 Å². The molecule has 0 bridgehead atoms. The minimum atomic E-state index is -5.24. The summed E-state index contributed by atoms with van der Waals surface area (Å²) in [6.45, 7) is 0. The molecule has 0 aliphatic carbocycles. The van der Waals surface area contributed by atoms with E-state index in [1.165, 1.54) is 21.6 Å². The van der Waals surface area contributed by atoms with Gasteiger partial charge in [0.05, 0.1) is 0 Å². The van der Waals surface area contributed by atoms with Crippen molar-refractivity contribution in [3.8, 4) is 0 Å². The molecular weight excluding hydrogens is 550 g/mol. The summed E-state index contributed by atoms with van der Waals surface area (Å²) in [7, 11) is -17.7. The molecule has 0 fully saturated rings. The van der Waals surface area contributed by atoms with Crippen LogP contribution in [0.2, 0.25) is 0 Å². The van der Waals surface area contributed by atoms with Gasteiger partial charge in [-0.3, -0.25) is 9.11 Å². The molecule has 0 aromatic carbocycles. The van der Waals surface area contributed by atoms with Crippen LogP contribution in [0.3, 0.4) is 0 Å². The summed E-state index contributed by atoms with van der Waals surface area (Å²) >= 11 is 0. The van der Waals surface area contributed by atoms with Crippen LogP contribution in [0.25, 0.3) is 0 Å². The Bertz CT molecular complexity index is 759. The molecule has 0 saturated heterocycles. The van der Waals surface area contributed by atoms with Gasteiger partial charge in [0.15, 0.2) is 0 Å². The third kappa shape index (κ3) is 16.9. The van der Waals surface area contributed by atoms with E-state index >= 15 is 0 Å². The van der Waals surface area contributed by atoms with E-state index in [1.807, 2.05) is 0 Å². The maximum absolute atomic E-state index is 10.9. The fourth-order valence-electron chi connectivity index (χ4n) is 1.95. The van der Waals surface area contributed by atoms with E-state index in [4.69, 9.17) is 9.11 Å². The molecule has 0 rings (SSSR count). The van der Waals surface area contributed by atoms with E-state index in [0.29, 0.717) is 24.3 Å².